The van der Waals surface area contributed by atoms with E-state index in [1.807, 2.05) is 6.92 Å². The Kier molecular flexibility index (Phi) is 4.08. The Hall–Kier alpha value is -0.410. The fourth-order valence-electron chi connectivity index (χ4n) is 1.35. The van der Waals surface area contributed by atoms with Crippen molar-refractivity contribution in [3.8, 4) is 0 Å². The largest absolute Gasteiger partial charge is 0.368 e. The summed E-state index contributed by atoms with van der Waals surface area (Å²) in [4.78, 5) is 4.58. The Labute approximate surface area is 90.3 Å². The van der Waals surface area contributed by atoms with Gasteiger partial charge in [-0.05, 0) is 26.7 Å². The van der Waals surface area contributed by atoms with Gasteiger partial charge in [0.05, 0.1) is 5.69 Å². The number of aryl methyl sites for hydroxylation is 1. The molecule has 3 heteroatoms. The lowest BCUT2D eigenvalue weighted by molar-refractivity contribution is -0.0325. The molecule has 1 rings (SSSR count). The molecule has 0 N–H and O–H groups in total. The molecule has 0 saturated heterocycles. The molecule has 14 heavy (non-hydrogen) atoms. The van der Waals surface area contributed by atoms with Gasteiger partial charge in [-0.15, -0.1) is 11.3 Å². The van der Waals surface area contributed by atoms with Gasteiger partial charge in [0.1, 0.15) is 10.6 Å². The molecule has 1 aromatic heterocycles. The van der Waals surface area contributed by atoms with Crippen LogP contribution in [-0.4, -0.2) is 11.6 Å². The quantitative estimate of drug-likeness (QED) is 0.748. The average molecular weight is 213 g/mol. The van der Waals surface area contributed by atoms with E-state index in [1.54, 1.807) is 11.3 Å². The number of nitrogens with zero attached hydrogens (tertiary/aromatic N) is 1. The minimum atomic E-state index is -0.188. The van der Waals surface area contributed by atoms with Crippen molar-refractivity contribution < 1.29 is 4.74 Å². The lowest BCUT2D eigenvalue weighted by Crippen LogP contribution is -2.24. The highest BCUT2D eigenvalue weighted by Crippen LogP contribution is 2.31. The standard InChI is InChI=1S/C11H19NOS/c1-5-9-8-14-10(12-9)11(4,6-2)13-7-3/h8H,5-7H2,1-4H3. The molecule has 0 fully saturated rings. The van der Waals surface area contributed by atoms with E-state index < -0.39 is 0 Å². The average Bonchev–Trinajstić information content (AvgIpc) is 2.66. The maximum Gasteiger partial charge on any atom is 0.125 e. The zero-order valence-electron chi connectivity index (χ0n) is 9.46. The Bertz CT molecular complexity index is 285. The number of thiazole rings is 1. The Morgan fingerprint density at radius 1 is 1.43 bits per heavy atom. The Balaban J connectivity index is 2.87. The molecule has 1 aromatic rings. The maximum atomic E-state index is 5.77. The smallest absolute Gasteiger partial charge is 0.125 e. The van der Waals surface area contributed by atoms with Crippen molar-refractivity contribution in [3.63, 3.8) is 0 Å². The van der Waals surface area contributed by atoms with Crippen LogP contribution in [0.1, 0.15) is 44.8 Å². The summed E-state index contributed by atoms with van der Waals surface area (Å²) in [6.45, 7) is 9.16. The van der Waals surface area contributed by atoms with E-state index in [1.165, 1.54) is 5.69 Å². The second-order valence-electron chi connectivity index (χ2n) is 3.51. The van der Waals surface area contributed by atoms with Crippen molar-refractivity contribution in [2.24, 2.45) is 0 Å². The molecule has 1 unspecified atom stereocenters. The molecule has 0 bridgehead atoms. The van der Waals surface area contributed by atoms with Gasteiger partial charge >= 0.3 is 0 Å². The van der Waals surface area contributed by atoms with Crippen molar-refractivity contribution in [2.75, 3.05) is 6.61 Å². The number of aromatic nitrogens is 1. The zero-order chi connectivity index (χ0) is 10.6. The highest BCUT2D eigenvalue weighted by Gasteiger charge is 2.28. The van der Waals surface area contributed by atoms with E-state index in [-0.39, 0.29) is 5.60 Å². The SMILES string of the molecule is CCOC(C)(CC)c1nc(CC)cs1. The molecule has 0 spiro atoms. The fraction of sp³-hybridized carbons (Fsp3) is 0.727. The summed E-state index contributed by atoms with van der Waals surface area (Å²) >= 11 is 1.71. The van der Waals surface area contributed by atoms with Crippen molar-refractivity contribution in [1.29, 1.82) is 0 Å². The van der Waals surface area contributed by atoms with Crippen LogP contribution in [0.2, 0.25) is 0 Å². The second kappa shape index (κ2) is 4.89. The number of hydrogen-bond acceptors (Lipinski definition) is 3. The van der Waals surface area contributed by atoms with Gasteiger partial charge in [0.2, 0.25) is 0 Å². The van der Waals surface area contributed by atoms with Crippen LogP contribution in [0.3, 0.4) is 0 Å². The van der Waals surface area contributed by atoms with Crippen LogP contribution >= 0.6 is 11.3 Å². The van der Waals surface area contributed by atoms with Crippen molar-refractivity contribution in [1.82, 2.24) is 4.98 Å². The van der Waals surface area contributed by atoms with Crippen LogP contribution < -0.4 is 0 Å². The summed E-state index contributed by atoms with van der Waals surface area (Å²) in [5.41, 5.74) is 0.983. The first-order chi connectivity index (χ1) is 6.66. The van der Waals surface area contributed by atoms with E-state index in [2.05, 4.69) is 31.1 Å². The predicted octanol–water partition coefficient (Wildman–Crippen LogP) is 3.37. The molecular formula is C11H19NOS. The lowest BCUT2D eigenvalue weighted by atomic mass is 10.0. The summed E-state index contributed by atoms with van der Waals surface area (Å²) in [5, 5.41) is 3.24. The molecular weight excluding hydrogens is 194 g/mol. The van der Waals surface area contributed by atoms with Crippen LogP contribution in [0.5, 0.6) is 0 Å². The second-order valence-corrected chi connectivity index (χ2v) is 4.37. The van der Waals surface area contributed by atoms with E-state index >= 15 is 0 Å². The molecule has 80 valence electrons. The first kappa shape index (κ1) is 11.7. The van der Waals surface area contributed by atoms with Crippen molar-refractivity contribution in [3.05, 3.63) is 16.1 Å². The van der Waals surface area contributed by atoms with Gasteiger partial charge in [-0.3, -0.25) is 0 Å². The third kappa shape index (κ3) is 2.34. The number of hydrogen-bond donors (Lipinski definition) is 0. The van der Waals surface area contributed by atoms with Gasteiger partial charge in [0, 0.05) is 12.0 Å². The van der Waals surface area contributed by atoms with Gasteiger partial charge in [-0.25, -0.2) is 4.98 Å². The molecule has 0 aliphatic carbocycles. The summed E-state index contributed by atoms with van der Waals surface area (Å²) in [6.07, 6.45) is 1.97. The van der Waals surface area contributed by atoms with Gasteiger partial charge in [-0.1, -0.05) is 13.8 Å². The Morgan fingerprint density at radius 3 is 2.57 bits per heavy atom. The highest BCUT2D eigenvalue weighted by molar-refractivity contribution is 7.09. The topological polar surface area (TPSA) is 22.1 Å². The third-order valence-electron chi connectivity index (χ3n) is 2.50. The van der Waals surface area contributed by atoms with E-state index in [4.69, 9.17) is 4.74 Å². The summed E-state index contributed by atoms with van der Waals surface area (Å²) in [6, 6.07) is 0. The van der Waals surface area contributed by atoms with Gasteiger partial charge in [0.15, 0.2) is 0 Å². The number of ether oxygens (including phenoxy) is 1. The highest BCUT2D eigenvalue weighted by atomic mass is 32.1. The summed E-state index contributed by atoms with van der Waals surface area (Å²) in [5.74, 6) is 0. The van der Waals surface area contributed by atoms with Gasteiger partial charge in [-0.2, -0.15) is 0 Å². The van der Waals surface area contributed by atoms with Crippen LogP contribution in [-0.2, 0) is 16.8 Å². The first-order valence-electron chi connectivity index (χ1n) is 5.25. The third-order valence-corrected chi connectivity index (χ3v) is 3.64. The van der Waals surface area contributed by atoms with Gasteiger partial charge in [0.25, 0.3) is 0 Å². The zero-order valence-corrected chi connectivity index (χ0v) is 10.3. The van der Waals surface area contributed by atoms with Crippen LogP contribution in [0.25, 0.3) is 0 Å². The van der Waals surface area contributed by atoms with E-state index in [9.17, 15) is 0 Å². The normalized spacial score (nSPS) is 15.4. The lowest BCUT2D eigenvalue weighted by Gasteiger charge is -2.25. The van der Waals surface area contributed by atoms with Crippen molar-refractivity contribution in [2.45, 2.75) is 46.1 Å². The minimum absolute atomic E-state index is 0.188. The molecule has 0 aliphatic heterocycles. The molecule has 1 atom stereocenters. The fourth-order valence-corrected chi connectivity index (χ4v) is 2.44. The molecule has 0 aromatic carbocycles. The molecule has 0 radical (unpaired) electrons. The molecule has 2 nitrogen and oxygen atoms in total. The maximum absolute atomic E-state index is 5.77. The van der Waals surface area contributed by atoms with E-state index in [0.717, 1.165) is 24.5 Å². The van der Waals surface area contributed by atoms with Crippen LogP contribution in [0.15, 0.2) is 5.38 Å². The van der Waals surface area contributed by atoms with Crippen molar-refractivity contribution >= 4 is 11.3 Å². The molecule has 1 heterocycles. The monoisotopic (exact) mass is 213 g/mol. The predicted molar refractivity (Wildman–Crippen MR) is 60.8 cm³/mol. The minimum Gasteiger partial charge on any atom is -0.368 e. The molecule has 0 aliphatic rings. The number of rotatable bonds is 5. The molecule has 0 amide bonds. The van der Waals surface area contributed by atoms with E-state index in [0.29, 0.717) is 0 Å². The summed E-state index contributed by atoms with van der Waals surface area (Å²) in [7, 11) is 0. The Morgan fingerprint density at radius 2 is 2.14 bits per heavy atom. The first-order valence-corrected chi connectivity index (χ1v) is 6.13. The summed E-state index contributed by atoms with van der Waals surface area (Å²) < 4.78 is 5.77. The molecule has 0 saturated carbocycles. The van der Waals surface area contributed by atoms with Crippen LogP contribution in [0.4, 0.5) is 0 Å². The van der Waals surface area contributed by atoms with Gasteiger partial charge < -0.3 is 4.74 Å². The van der Waals surface area contributed by atoms with Crippen LogP contribution in [0, 0.1) is 0 Å².